The highest BCUT2D eigenvalue weighted by Crippen LogP contribution is 2.23. The van der Waals surface area contributed by atoms with Gasteiger partial charge in [0.05, 0.1) is 11.2 Å². The SMILES string of the molecule is C\C=C/C(Cl)=C(F)\C(=C\CC)COc1cnc(N)c(C(C)=N)c1. The van der Waals surface area contributed by atoms with E-state index in [1.165, 1.54) is 12.3 Å². The quantitative estimate of drug-likeness (QED) is 0.556. The zero-order valence-electron chi connectivity index (χ0n) is 13.5. The summed E-state index contributed by atoms with van der Waals surface area (Å²) in [6.45, 7) is 5.28. The van der Waals surface area contributed by atoms with Crippen LogP contribution in [0, 0.1) is 5.41 Å². The molecule has 1 rings (SSSR count). The van der Waals surface area contributed by atoms with Crippen molar-refractivity contribution < 1.29 is 9.13 Å². The van der Waals surface area contributed by atoms with Crippen LogP contribution in [0.15, 0.2) is 46.9 Å². The van der Waals surface area contributed by atoms with E-state index in [1.807, 2.05) is 6.92 Å². The number of aromatic nitrogens is 1. The molecule has 1 aromatic rings. The molecule has 0 fully saturated rings. The molecule has 4 nitrogen and oxygen atoms in total. The van der Waals surface area contributed by atoms with Gasteiger partial charge in [-0.1, -0.05) is 30.7 Å². The molecular weight excluding hydrogens is 317 g/mol. The predicted molar refractivity (Wildman–Crippen MR) is 93.8 cm³/mol. The Bertz CT molecular complexity index is 666. The first-order valence-electron chi connectivity index (χ1n) is 7.21. The van der Waals surface area contributed by atoms with Crippen molar-refractivity contribution in [3.8, 4) is 5.75 Å². The first kappa shape index (κ1) is 18.9. The number of anilines is 1. The van der Waals surface area contributed by atoms with Gasteiger partial charge in [-0.3, -0.25) is 0 Å². The molecule has 0 bridgehead atoms. The van der Waals surface area contributed by atoms with E-state index in [9.17, 15) is 4.39 Å². The zero-order chi connectivity index (χ0) is 17.4. The van der Waals surface area contributed by atoms with Gasteiger partial charge < -0.3 is 15.9 Å². The molecule has 23 heavy (non-hydrogen) atoms. The Hall–Kier alpha value is -2.14. The lowest BCUT2D eigenvalue weighted by Gasteiger charge is -2.11. The summed E-state index contributed by atoms with van der Waals surface area (Å²) in [7, 11) is 0. The average molecular weight is 338 g/mol. The molecule has 0 unspecified atom stereocenters. The number of nitrogens with one attached hydrogen (secondary N) is 1. The Balaban J connectivity index is 2.97. The number of hydrogen-bond acceptors (Lipinski definition) is 4. The molecule has 0 spiro atoms. The summed E-state index contributed by atoms with van der Waals surface area (Å²) in [5.41, 5.74) is 6.84. The minimum Gasteiger partial charge on any atom is -0.487 e. The summed E-state index contributed by atoms with van der Waals surface area (Å²) in [6.07, 6.45) is 6.96. The molecule has 0 amide bonds. The maximum atomic E-state index is 14.3. The third-order valence-corrected chi connectivity index (χ3v) is 3.24. The Labute approximate surface area is 141 Å². The lowest BCUT2D eigenvalue weighted by molar-refractivity contribution is 0.346. The van der Waals surface area contributed by atoms with Gasteiger partial charge in [-0.2, -0.15) is 0 Å². The van der Waals surface area contributed by atoms with Gasteiger partial charge in [0.1, 0.15) is 24.0 Å². The van der Waals surface area contributed by atoms with E-state index in [1.54, 1.807) is 32.1 Å². The van der Waals surface area contributed by atoms with E-state index in [4.69, 9.17) is 27.5 Å². The summed E-state index contributed by atoms with van der Waals surface area (Å²) in [5.74, 6) is 0.160. The van der Waals surface area contributed by atoms with Crippen molar-refractivity contribution in [2.24, 2.45) is 0 Å². The van der Waals surface area contributed by atoms with Crippen molar-refractivity contribution in [2.45, 2.75) is 27.2 Å². The smallest absolute Gasteiger partial charge is 0.148 e. The summed E-state index contributed by atoms with van der Waals surface area (Å²) in [6, 6.07) is 1.61. The monoisotopic (exact) mass is 337 g/mol. The first-order chi connectivity index (χ1) is 10.9. The molecule has 6 heteroatoms. The topological polar surface area (TPSA) is 72.0 Å². The highest BCUT2D eigenvalue weighted by molar-refractivity contribution is 6.31. The molecule has 1 aromatic heterocycles. The van der Waals surface area contributed by atoms with Crippen molar-refractivity contribution >= 4 is 23.1 Å². The molecule has 1 heterocycles. The van der Waals surface area contributed by atoms with Crippen LogP contribution in [0.2, 0.25) is 0 Å². The van der Waals surface area contributed by atoms with Crippen LogP contribution in [0.1, 0.15) is 32.8 Å². The normalized spacial score (nSPS) is 13.2. The molecular formula is C17H21ClFN3O. The number of rotatable bonds is 7. The van der Waals surface area contributed by atoms with Crippen LogP contribution < -0.4 is 10.5 Å². The highest BCUT2D eigenvalue weighted by atomic mass is 35.5. The van der Waals surface area contributed by atoms with E-state index in [-0.39, 0.29) is 23.2 Å². The van der Waals surface area contributed by atoms with Crippen molar-refractivity contribution in [3.63, 3.8) is 0 Å². The van der Waals surface area contributed by atoms with E-state index in [0.29, 0.717) is 23.3 Å². The number of ether oxygens (including phenoxy) is 1. The summed E-state index contributed by atoms with van der Waals surface area (Å²) in [5, 5.41) is 7.68. The number of nitrogens with two attached hydrogens (primary N) is 1. The van der Waals surface area contributed by atoms with Gasteiger partial charge in [0.2, 0.25) is 0 Å². The van der Waals surface area contributed by atoms with Gasteiger partial charge in [-0.05, 0) is 32.4 Å². The maximum absolute atomic E-state index is 14.3. The van der Waals surface area contributed by atoms with Crippen molar-refractivity contribution in [1.82, 2.24) is 4.98 Å². The fourth-order valence-electron chi connectivity index (χ4n) is 1.83. The lowest BCUT2D eigenvalue weighted by atomic mass is 10.1. The molecule has 0 aliphatic heterocycles. The van der Waals surface area contributed by atoms with Gasteiger partial charge in [-0.25, -0.2) is 9.37 Å². The summed E-state index contributed by atoms with van der Waals surface area (Å²) >= 11 is 5.90. The second-order valence-corrected chi connectivity index (χ2v) is 5.22. The van der Waals surface area contributed by atoms with Crippen LogP contribution in [-0.4, -0.2) is 17.3 Å². The van der Waals surface area contributed by atoms with E-state index >= 15 is 0 Å². The van der Waals surface area contributed by atoms with Crippen LogP contribution in [0.5, 0.6) is 5.75 Å². The standard InChI is InChI=1S/C17H21ClFN3O/c1-4-6-12(16(19)15(18)7-5-2)10-23-13-8-14(11(3)20)17(21)22-9-13/h5-9,20H,4,10H2,1-3H3,(H2,21,22)/b7-5-,12-6+,16-15-,20-11?. The van der Waals surface area contributed by atoms with E-state index in [2.05, 4.69) is 4.98 Å². The minimum atomic E-state index is -0.515. The van der Waals surface area contributed by atoms with Crippen LogP contribution in [-0.2, 0) is 0 Å². The number of nitrogen functional groups attached to an aromatic ring is 1. The fourth-order valence-corrected chi connectivity index (χ4v) is 2.08. The largest absolute Gasteiger partial charge is 0.487 e. The maximum Gasteiger partial charge on any atom is 0.148 e. The van der Waals surface area contributed by atoms with Gasteiger partial charge >= 0.3 is 0 Å². The molecule has 0 saturated carbocycles. The first-order valence-corrected chi connectivity index (χ1v) is 7.59. The second kappa shape index (κ2) is 9.10. The molecule has 0 saturated heterocycles. The number of pyridine rings is 1. The van der Waals surface area contributed by atoms with Gasteiger partial charge in [0.25, 0.3) is 0 Å². The van der Waals surface area contributed by atoms with Gasteiger partial charge in [-0.15, -0.1) is 0 Å². The molecule has 0 radical (unpaired) electrons. The van der Waals surface area contributed by atoms with E-state index < -0.39 is 5.83 Å². The Morgan fingerprint density at radius 2 is 2.22 bits per heavy atom. The Morgan fingerprint density at radius 1 is 1.52 bits per heavy atom. The third kappa shape index (κ3) is 5.53. The minimum absolute atomic E-state index is 0.00946. The van der Waals surface area contributed by atoms with Crippen LogP contribution in [0.4, 0.5) is 10.2 Å². The van der Waals surface area contributed by atoms with Crippen molar-refractivity contribution in [1.29, 1.82) is 5.41 Å². The summed E-state index contributed by atoms with van der Waals surface area (Å²) in [4.78, 5) is 3.98. The van der Waals surface area contributed by atoms with Crippen molar-refractivity contribution in [2.75, 3.05) is 12.3 Å². The molecule has 0 aliphatic rings. The second-order valence-electron chi connectivity index (χ2n) is 4.82. The van der Waals surface area contributed by atoms with Crippen LogP contribution >= 0.6 is 11.6 Å². The zero-order valence-corrected chi connectivity index (χ0v) is 14.2. The molecule has 0 atom stereocenters. The number of hydrogen-bond donors (Lipinski definition) is 2. The number of halogens is 2. The fraction of sp³-hybridized carbons (Fsp3) is 0.294. The number of nitrogens with zero attached hydrogens (tertiary/aromatic N) is 1. The molecule has 0 aromatic carbocycles. The predicted octanol–water partition coefficient (Wildman–Crippen LogP) is 4.76. The summed E-state index contributed by atoms with van der Waals surface area (Å²) < 4.78 is 19.9. The highest BCUT2D eigenvalue weighted by Gasteiger charge is 2.11. The van der Waals surface area contributed by atoms with Crippen LogP contribution in [0.3, 0.4) is 0 Å². The molecule has 3 N–H and O–H groups in total. The van der Waals surface area contributed by atoms with Crippen molar-refractivity contribution in [3.05, 3.63) is 52.5 Å². The lowest BCUT2D eigenvalue weighted by Crippen LogP contribution is -2.06. The Kier molecular flexibility index (Phi) is 7.48. The average Bonchev–Trinajstić information content (AvgIpc) is 2.52. The van der Waals surface area contributed by atoms with E-state index in [0.717, 1.165) is 0 Å². The number of allylic oxidation sites excluding steroid dienone is 4. The third-order valence-electron chi connectivity index (χ3n) is 2.95. The van der Waals surface area contributed by atoms with Gasteiger partial charge in [0.15, 0.2) is 0 Å². The van der Waals surface area contributed by atoms with Gasteiger partial charge in [0, 0.05) is 16.8 Å². The molecule has 124 valence electrons. The molecule has 0 aliphatic carbocycles. The Morgan fingerprint density at radius 3 is 2.78 bits per heavy atom. The van der Waals surface area contributed by atoms with Crippen LogP contribution in [0.25, 0.3) is 0 Å².